The fourth-order valence-electron chi connectivity index (χ4n) is 1.81. The fourth-order valence-corrected chi connectivity index (χ4v) is 2.65. The molecule has 1 aromatic rings. The van der Waals surface area contributed by atoms with E-state index in [1.165, 1.54) is 11.3 Å². The molecular weight excluding hydrogens is 250 g/mol. The molecule has 0 aliphatic carbocycles. The van der Waals surface area contributed by atoms with Gasteiger partial charge in [-0.1, -0.05) is 13.8 Å². The third-order valence-corrected chi connectivity index (χ3v) is 4.48. The van der Waals surface area contributed by atoms with E-state index in [9.17, 15) is 14.7 Å². The van der Waals surface area contributed by atoms with Crippen molar-refractivity contribution < 1.29 is 14.7 Å². The van der Waals surface area contributed by atoms with Crippen LogP contribution in [0.1, 0.15) is 41.9 Å². The Kier molecular flexibility index (Phi) is 4.90. The highest BCUT2D eigenvalue weighted by Gasteiger charge is 2.35. The smallest absolute Gasteiger partial charge is 0.311 e. The average Bonchev–Trinajstić information content (AvgIpc) is 2.77. The van der Waals surface area contributed by atoms with Crippen LogP contribution in [-0.4, -0.2) is 23.5 Å². The summed E-state index contributed by atoms with van der Waals surface area (Å²) in [4.78, 5) is 23.9. The maximum atomic E-state index is 11.9. The minimum Gasteiger partial charge on any atom is -0.481 e. The molecule has 18 heavy (non-hydrogen) atoms. The number of carbonyl (C=O) groups excluding carboxylic acids is 1. The third kappa shape index (κ3) is 2.90. The molecule has 0 atom stereocenters. The highest BCUT2D eigenvalue weighted by atomic mass is 32.1. The van der Waals surface area contributed by atoms with E-state index in [0.717, 1.165) is 5.56 Å². The van der Waals surface area contributed by atoms with Gasteiger partial charge in [-0.3, -0.25) is 9.59 Å². The van der Waals surface area contributed by atoms with Crippen LogP contribution in [0.2, 0.25) is 0 Å². The average molecular weight is 269 g/mol. The predicted octanol–water partition coefficient (Wildman–Crippen LogP) is 2.68. The molecule has 0 aliphatic rings. The second-order valence-corrected chi connectivity index (χ2v) is 5.32. The number of carboxylic acid groups (broad SMARTS) is 1. The predicted molar refractivity (Wildman–Crippen MR) is 72.0 cm³/mol. The summed E-state index contributed by atoms with van der Waals surface area (Å²) in [6.45, 7) is 5.71. The number of nitrogens with one attached hydrogen (secondary N) is 1. The van der Waals surface area contributed by atoms with Gasteiger partial charge in [0.05, 0.1) is 10.3 Å². The summed E-state index contributed by atoms with van der Waals surface area (Å²) in [6.07, 6.45) is 1.01. The number of hydrogen-bond donors (Lipinski definition) is 2. The van der Waals surface area contributed by atoms with Gasteiger partial charge in [-0.15, -0.1) is 11.3 Å². The lowest BCUT2D eigenvalue weighted by Crippen LogP contribution is -2.42. The van der Waals surface area contributed by atoms with E-state index in [1.807, 2.05) is 32.2 Å². The minimum atomic E-state index is -0.860. The van der Waals surface area contributed by atoms with E-state index < -0.39 is 11.4 Å². The first-order chi connectivity index (χ1) is 8.46. The van der Waals surface area contributed by atoms with Gasteiger partial charge in [0.15, 0.2) is 0 Å². The van der Waals surface area contributed by atoms with Crippen molar-refractivity contribution in [3.63, 3.8) is 0 Å². The Balaban J connectivity index is 2.72. The Morgan fingerprint density at radius 3 is 2.39 bits per heavy atom. The van der Waals surface area contributed by atoms with Crippen LogP contribution in [0.3, 0.4) is 0 Å². The van der Waals surface area contributed by atoms with Crippen molar-refractivity contribution >= 4 is 23.2 Å². The van der Waals surface area contributed by atoms with E-state index in [-0.39, 0.29) is 12.5 Å². The van der Waals surface area contributed by atoms with Crippen LogP contribution in [0.15, 0.2) is 11.4 Å². The van der Waals surface area contributed by atoms with Crippen molar-refractivity contribution in [2.24, 2.45) is 5.41 Å². The van der Waals surface area contributed by atoms with Gasteiger partial charge in [0.1, 0.15) is 0 Å². The Labute approximate surface area is 111 Å². The SMILES string of the molecule is CCC(CC)(CNC(=O)c1sccc1C)C(=O)O. The Hall–Kier alpha value is -1.36. The van der Waals surface area contributed by atoms with E-state index >= 15 is 0 Å². The van der Waals surface area contributed by atoms with Gasteiger partial charge in [-0.2, -0.15) is 0 Å². The first kappa shape index (κ1) is 14.7. The molecule has 0 saturated carbocycles. The van der Waals surface area contributed by atoms with Crippen LogP contribution < -0.4 is 5.32 Å². The standard InChI is InChI=1S/C13H19NO3S/c1-4-13(5-2,12(16)17)8-14-11(15)10-9(3)6-7-18-10/h6-7H,4-5,8H2,1-3H3,(H,14,15)(H,16,17). The first-order valence-corrected chi connectivity index (χ1v) is 6.90. The Bertz CT molecular complexity index is 435. The molecule has 0 fully saturated rings. The first-order valence-electron chi connectivity index (χ1n) is 6.02. The maximum Gasteiger partial charge on any atom is 0.311 e. The maximum absolute atomic E-state index is 11.9. The van der Waals surface area contributed by atoms with Crippen LogP contribution in [0.5, 0.6) is 0 Å². The quantitative estimate of drug-likeness (QED) is 0.834. The number of rotatable bonds is 6. The van der Waals surface area contributed by atoms with Gasteiger partial charge in [0.2, 0.25) is 0 Å². The molecule has 0 radical (unpaired) electrons. The fraction of sp³-hybridized carbons (Fsp3) is 0.538. The Morgan fingerprint density at radius 1 is 1.39 bits per heavy atom. The van der Waals surface area contributed by atoms with Gasteiger partial charge in [-0.05, 0) is 36.8 Å². The molecule has 0 bridgehead atoms. The zero-order chi connectivity index (χ0) is 13.8. The minimum absolute atomic E-state index is 0.172. The molecule has 1 heterocycles. The summed E-state index contributed by atoms with van der Waals surface area (Å²) >= 11 is 1.37. The summed E-state index contributed by atoms with van der Waals surface area (Å²) < 4.78 is 0. The van der Waals surface area contributed by atoms with Crippen molar-refractivity contribution in [3.8, 4) is 0 Å². The molecular formula is C13H19NO3S. The lowest BCUT2D eigenvalue weighted by Gasteiger charge is -2.26. The topological polar surface area (TPSA) is 66.4 Å². The van der Waals surface area contributed by atoms with Gasteiger partial charge >= 0.3 is 5.97 Å². The van der Waals surface area contributed by atoms with E-state index in [1.54, 1.807) is 0 Å². The molecule has 1 rings (SSSR count). The molecule has 0 aliphatic heterocycles. The summed E-state index contributed by atoms with van der Waals surface area (Å²) in [6, 6.07) is 1.88. The molecule has 0 aromatic carbocycles. The second kappa shape index (κ2) is 6.00. The van der Waals surface area contributed by atoms with Crippen LogP contribution in [-0.2, 0) is 4.79 Å². The summed E-state index contributed by atoms with van der Waals surface area (Å²) in [5.74, 6) is -1.04. The zero-order valence-corrected chi connectivity index (χ0v) is 11.8. The lowest BCUT2D eigenvalue weighted by atomic mass is 9.82. The molecule has 0 saturated heterocycles. The molecule has 5 heteroatoms. The number of hydrogen-bond acceptors (Lipinski definition) is 3. The van der Waals surface area contributed by atoms with Gasteiger partial charge in [0.25, 0.3) is 5.91 Å². The normalized spacial score (nSPS) is 11.3. The number of aryl methyl sites for hydroxylation is 1. The molecule has 1 amide bonds. The zero-order valence-electron chi connectivity index (χ0n) is 10.9. The second-order valence-electron chi connectivity index (χ2n) is 4.41. The van der Waals surface area contributed by atoms with Crippen LogP contribution in [0.4, 0.5) is 0 Å². The number of thiophene rings is 1. The van der Waals surface area contributed by atoms with Gasteiger partial charge in [-0.25, -0.2) is 0 Å². The van der Waals surface area contributed by atoms with Crippen LogP contribution >= 0.6 is 11.3 Å². The molecule has 1 aromatic heterocycles. The molecule has 0 spiro atoms. The summed E-state index contributed by atoms with van der Waals surface area (Å²) in [7, 11) is 0. The van der Waals surface area contributed by atoms with Crippen molar-refractivity contribution in [2.75, 3.05) is 6.54 Å². The summed E-state index contributed by atoms with van der Waals surface area (Å²) in [5, 5.41) is 13.9. The van der Waals surface area contributed by atoms with Gasteiger partial charge < -0.3 is 10.4 Å². The number of amides is 1. The highest BCUT2D eigenvalue weighted by Crippen LogP contribution is 2.26. The summed E-state index contributed by atoms with van der Waals surface area (Å²) in [5.41, 5.74) is 0.0623. The number of carboxylic acids is 1. The molecule has 4 nitrogen and oxygen atoms in total. The van der Waals surface area contributed by atoms with Crippen LogP contribution in [0.25, 0.3) is 0 Å². The van der Waals surface area contributed by atoms with E-state index in [0.29, 0.717) is 17.7 Å². The highest BCUT2D eigenvalue weighted by molar-refractivity contribution is 7.12. The molecule has 0 unspecified atom stereocenters. The monoisotopic (exact) mass is 269 g/mol. The van der Waals surface area contributed by atoms with E-state index in [4.69, 9.17) is 0 Å². The Morgan fingerprint density at radius 2 is 2.00 bits per heavy atom. The van der Waals surface area contributed by atoms with Crippen molar-refractivity contribution in [3.05, 3.63) is 21.9 Å². The third-order valence-electron chi connectivity index (χ3n) is 3.46. The molecule has 2 N–H and O–H groups in total. The van der Waals surface area contributed by atoms with Crippen LogP contribution in [0, 0.1) is 12.3 Å². The van der Waals surface area contributed by atoms with Crippen molar-refractivity contribution in [1.29, 1.82) is 0 Å². The molecule has 100 valence electrons. The van der Waals surface area contributed by atoms with Crippen molar-refractivity contribution in [1.82, 2.24) is 5.32 Å². The van der Waals surface area contributed by atoms with E-state index in [2.05, 4.69) is 5.32 Å². The van der Waals surface area contributed by atoms with Gasteiger partial charge in [0, 0.05) is 6.54 Å². The lowest BCUT2D eigenvalue weighted by molar-refractivity contribution is -0.149. The number of carbonyl (C=O) groups is 2. The number of aliphatic carboxylic acids is 1. The van der Waals surface area contributed by atoms with Crippen molar-refractivity contribution in [2.45, 2.75) is 33.6 Å². The largest absolute Gasteiger partial charge is 0.481 e.